The van der Waals surface area contributed by atoms with Crippen LogP contribution >= 0.6 is 0 Å². The molecule has 4 heteroatoms. The Labute approximate surface area is 103 Å². The maximum absolute atomic E-state index is 5.65. The Hall–Kier alpha value is -1.58. The summed E-state index contributed by atoms with van der Waals surface area (Å²) in [5, 5.41) is 3.19. The van der Waals surface area contributed by atoms with E-state index in [-0.39, 0.29) is 6.04 Å². The fourth-order valence-electron chi connectivity index (χ4n) is 1.23. The molecule has 0 aliphatic heterocycles. The van der Waals surface area contributed by atoms with Crippen molar-refractivity contribution in [3.8, 4) is 0 Å². The number of rotatable bonds is 4. The van der Waals surface area contributed by atoms with Crippen molar-refractivity contribution in [2.45, 2.75) is 46.4 Å². The highest BCUT2D eigenvalue weighted by Crippen LogP contribution is 2.00. The summed E-state index contributed by atoms with van der Waals surface area (Å²) in [6, 6.07) is 4.99. The predicted octanol–water partition coefficient (Wildman–Crippen LogP) is 2.36. The minimum atomic E-state index is 0.213. The summed E-state index contributed by atoms with van der Waals surface area (Å²) >= 11 is 0. The van der Waals surface area contributed by atoms with Gasteiger partial charge in [-0.2, -0.15) is 0 Å². The van der Waals surface area contributed by atoms with Gasteiger partial charge in [-0.25, -0.2) is 4.99 Å². The van der Waals surface area contributed by atoms with Crippen molar-refractivity contribution in [1.82, 2.24) is 10.3 Å². The Morgan fingerprint density at radius 2 is 2.18 bits per heavy atom. The zero-order valence-electron chi connectivity index (χ0n) is 11.0. The lowest BCUT2D eigenvalue weighted by Gasteiger charge is -2.15. The van der Waals surface area contributed by atoms with Crippen LogP contribution in [0.5, 0.6) is 0 Å². The number of aromatic nitrogens is 1. The number of amidine groups is 1. The van der Waals surface area contributed by atoms with E-state index in [1.165, 1.54) is 0 Å². The summed E-state index contributed by atoms with van der Waals surface area (Å²) in [5.41, 5.74) is 1.04. The van der Waals surface area contributed by atoms with Gasteiger partial charge in [0.25, 0.3) is 6.02 Å². The Kier molecular flexibility index (Phi) is 5.46. The van der Waals surface area contributed by atoms with Crippen LogP contribution in [-0.4, -0.2) is 23.1 Å². The van der Waals surface area contributed by atoms with Gasteiger partial charge < -0.3 is 10.1 Å². The molecule has 0 aromatic carbocycles. The van der Waals surface area contributed by atoms with E-state index in [2.05, 4.69) is 29.1 Å². The van der Waals surface area contributed by atoms with Crippen LogP contribution in [0.3, 0.4) is 0 Å². The van der Waals surface area contributed by atoms with Crippen LogP contribution in [0.2, 0.25) is 0 Å². The molecule has 0 amide bonds. The highest BCUT2D eigenvalue weighted by molar-refractivity contribution is 5.74. The fraction of sp³-hybridized carbons (Fsp3) is 0.538. The summed E-state index contributed by atoms with van der Waals surface area (Å²) in [6.07, 6.45) is 3.54. The molecule has 4 nitrogen and oxygen atoms in total. The van der Waals surface area contributed by atoms with Crippen LogP contribution in [0.4, 0.5) is 0 Å². The highest BCUT2D eigenvalue weighted by Gasteiger charge is 2.04. The molecule has 1 heterocycles. The molecular weight excluding hydrogens is 214 g/mol. The Bertz CT molecular complexity index is 347. The molecule has 17 heavy (non-hydrogen) atoms. The van der Waals surface area contributed by atoms with Crippen LogP contribution < -0.4 is 5.32 Å². The maximum Gasteiger partial charge on any atom is 0.285 e. The molecule has 0 unspecified atom stereocenters. The van der Waals surface area contributed by atoms with Gasteiger partial charge in [-0.3, -0.25) is 4.98 Å². The number of pyridine rings is 1. The van der Waals surface area contributed by atoms with E-state index in [4.69, 9.17) is 4.74 Å². The third-order valence-corrected chi connectivity index (χ3v) is 1.89. The monoisotopic (exact) mass is 235 g/mol. The first-order valence-corrected chi connectivity index (χ1v) is 5.94. The van der Waals surface area contributed by atoms with Crippen LogP contribution in [0.1, 0.15) is 33.3 Å². The average Bonchev–Trinajstić information content (AvgIpc) is 2.26. The topological polar surface area (TPSA) is 46.5 Å². The van der Waals surface area contributed by atoms with Crippen molar-refractivity contribution in [2.24, 2.45) is 4.99 Å². The molecule has 0 aliphatic rings. The molecule has 0 aliphatic carbocycles. The van der Waals surface area contributed by atoms with E-state index >= 15 is 0 Å². The van der Waals surface area contributed by atoms with Crippen LogP contribution in [0, 0.1) is 0 Å². The van der Waals surface area contributed by atoms with Gasteiger partial charge in [0.1, 0.15) is 6.61 Å². The molecule has 0 saturated carbocycles. The smallest absolute Gasteiger partial charge is 0.285 e. The molecule has 0 spiro atoms. The quantitative estimate of drug-likeness (QED) is 0.643. The van der Waals surface area contributed by atoms with E-state index in [1.54, 1.807) is 12.4 Å². The number of nitrogens with one attached hydrogen (secondary N) is 1. The van der Waals surface area contributed by atoms with Gasteiger partial charge in [0.2, 0.25) is 0 Å². The second kappa shape index (κ2) is 6.89. The molecule has 1 aromatic heterocycles. The van der Waals surface area contributed by atoms with E-state index < -0.39 is 0 Å². The normalized spacial score (nSPS) is 12.0. The lowest BCUT2D eigenvalue weighted by Crippen LogP contribution is -2.33. The predicted molar refractivity (Wildman–Crippen MR) is 69.9 cm³/mol. The number of aliphatic imine (C=N–C) groups is 1. The molecular formula is C13H21N3O. The molecule has 0 atom stereocenters. The minimum Gasteiger partial charge on any atom is -0.460 e. The standard InChI is InChI=1S/C13H21N3O/c1-10(2)15-13(16-11(3)4)17-9-12-6-5-7-14-8-12/h5-8,10-11H,9H2,1-4H3,(H,15,16). The second-order valence-corrected chi connectivity index (χ2v) is 4.48. The second-order valence-electron chi connectivity index (χ2n) is 4.48. The Balaban J connectivity index is 2.55. The van der Waals surface area contributed by atoms with Crippen molar-refractivity contribution in [2.75, 3.05) is 0 Å². The molecule has 0 radical (unpaired) electrons. The van der Waals surface area contributed by atoms with Crippen molar-refractivity contribution in [3.05, 3.63) is 30.1 Å². The number of hydrogen-bond donors (Lipinski definition) is 1. The summed E-state index contributed by atoms with van der Waals surface area (Å²) in [6.45, 7) is 8.65. The summed E-state index contributed by atoms with van der Waals surface area (Å²) < 4.78 is 5.65. The van der Waals surface area contributed by atoms with Crippen molar-refractivity contribution in [1.29, 1.82) is 0 Å². The third-order valence-electron chi connectivity index (χ3n) is 1.89. The first-order valence-electron chi connectivity index (χ1n) is 5.94. The molecule has 94 valence electrons. The summed E-state index contributed by atoms with van der Waals surface area (Å²) in [7, 11) is 0. The largest absolute Gasteiger partial charge is 0.460 e. The summed E-state index contributed by atoms with van der Waals surface area (Å²) in [5.74, 6) is 0. The number of ether oxygens (including phenoxy) is 1. The van der Waals surface area contributed by atoms with Crippen molar-refractivity contribution in [3.63, 3.8) is 0 Å². The van der Waals surface area contributed by atoms with E-state index in [0.717, 1.165) is 5.56 Å². The van der Waals surface area contributed by atoms with E-state index in [9.17, 15) is 0 Å². The lowest BCUT2D eigenvalue weighted by molar-refractivity contribution is 0.270. The molecule has 1 N–H and O–H groups in total. The third kappa shape index (κ3) is 5.90. The summed E-state index contributed by atoms with van der Waals surface area (Å²) in [4.78, 5) is 8.44. The van der Waals surface area contributed by atoms with Crippen LogP contribution in [-0.2, 0) is 11.3 Å². The van der Waals surface area contributed by atoms with E-state index in [0.29, 0.717) is 18.7 Å². The lowest BCUT2D eigenvalue weighted by atomic mass is 10.3. The molecule has 0 saturated heterocycles. The first kappa shape index (κ1) is 13.5. The van der Waals surface area contributed by atoms with Gasteiger partial charge in [-0.05, 0) is 33.8 Å². The zero-order chi connectivity index (χ0) is 12.7. The Morgan fingerprint density at radius 3 is 2.71 bits per heavy atom. The Morgan fingerprint density at radius 1 is 1.41 bits per heavy atom. The fourth-order valence-corrected chi connectivity index (χ4v) is 1.23. The first-order chi connectivity index (χ1) is 8.08. The van der Waals surface area contributed by atoms with Gasteiger partial charge >= 0.3 is 0 Å². The van der Waals surface area contributed by atoms with Gasteiger partial charge in [-0.1, -0.05) is 6.07 Å². The van der Waals surface area contributed by atoms with Gasteiger partial charge in [0.15, 0.2) is 0 Å². The zero-order valence-corrected chi connectivity index (χ0v) is 11.0. The maximum atomic E-state index is 5.65. The van der Waals surface area contributed by atoms with Crippen LogP contribution in [0.25, 0.3) is 0 Å². The number of hydrogen-bond acceptors (Lipinski definition) is 3. The molecule has 0 fully saturated rings. The molecule has 1 aromatic rings. The van der Waals surface area contributed by atoms with Crippen molar-refractivity contribution >= 4 is 6.02 Å². The van der Waals surface area contributed by atoms with Gasteiger partial charge in [0, 0.05) is 30.0 Å². The van der Waals surface area contributed by atoms with Gasteiger partial charge in [-0.15, -0.1) is 0 Å². The highest BCUT2D eigenvalue weighted by atomic mass is 16.5. The van der Waals surface area contributed by atoms with E-state index in [1.807, 2.05) is 26.0 Å². The molecule has 0 bridgehead atoms. The minimum absolute atomic E-state index is 0.213. The van der Waals surface area contributed by atoms with Crippen LogP contribution in [0.15, 0.2) is 29.5 Å². The molecule has 1 rings (SSSR count). The average molecular weight is 235 g/mol. The number of nitrogens with zero attached hydrogens (tertiary/aromatic N) is 2. The van der Waals surface area contributed by atoms with Gasteiger partial charge in [0.05, 0.1) is 0 Å². The van der Waals surface area contributed by atoms with Crippen molar-refractivity contribution < 1.29 is 4.74 Å². The SMILES string of the molecule is CC(C)N=C(NC(C)C)OCc1cccnc1.